The van der Waals surface area contributed by atoms with E-state index in [4.69, 9.17) is 23.8 Å². The first-order valence-electron chi connectivity index (χ1n) is 6.01. The van der Waals surface area contributed by atoms with Gasteiger partial charge >= 0.3 is 0 Å². The molecule has 2 nitrogen and oxygen atoms in total. The van der Waals surface area contributed by atoms with Gasteiger partial charge in [0.15, 0.2) is 4.32 Å². The average Bonchev–Trinajstić information content (AvgIpc) is 2.63. The number of anilines is 1. The minimum absolute atomic E-state index is 0.0435. The number of nitrogens with zero attached hydrogens (tertiary/aromatic N) is 1. The molecule has 1 fully saturated rings. The van der Waals surface area contributed by atoms with Crippen molar-refractivity contribution in [2.45, 2.75) is 20.3 Å². The van der Waals surface area contributed by atoms with Crippen LogP contribution in [0.25, 0.3) is 0 Å². The van der Waals surface area contributed by atoms with Crippen LogP contribution in [0.1, 0.15) is 20.3 Å². The average molecular weight is 312 g/mol. The Bertz CT molecular complexity index is 537. The first kappa shape index (κ1) is 14.6. The van der Waals surface area contributed by atoms with E-state index >= 15 is 0 Å². The Morgan fingerprint density at radius 3 is 2.58 bits per heavy atom. The fraction of sp³-hybridized carbons (Fsp3) is 0.286. The van der Waals surface area contributed by atoms with Gasteiger partial charge in [0.2, 0.25) is 0 Å². The molecule has 1 aliphatic heterocycles. The zero-order chi connectivity index (χ0) is 14.0. The smallest absolute Gasteiger partial charge is 0.268 e. The molecule has 0 radical (unpaired) electrons. The van der Waals surface area contributed by atoms with E-state index in [1.165, 1.54) is 11.8 Å². The lowest BCUT2D eigenvalue weighted by molar-refractivity contribution is -0.113. The van der Waals surface area contributed by atoms with Gasteiger partial charge in [0.05, 0.1) is 10.6 Å². The highest BCUT2D eigenvalue weighted by Gasteiger charge is 2.32. The zero-order valence-corrected chi connectivity index (χ0v) is 13.1. The van der Waals surface area contributed by atoms with Gasteiger partial charge in [-0.1, -0.05) is 55.5 Å². The van der Waals surface area contributed by atoms with Gasteiger partial charge in [0, 0.05) is 5.02 Å². The Morgan fingerprint density at radius 1 is 1.37 bits per heavy atom. The summed E-state index contributed by atoms with van der Waals surface area (Å²) in [6.07, 6.45) is 2.85. The molecule has 19 heavy (non-hydrogen) atoms. The SMILES string of the molecule is CC(C)C/C=C1/SC(=S)N(c2ccc(Cl)cc2)C1=O. The second-order valence-electron chi connectivity index (χ2n) is 4.68. The van der Waals surface area contributed by atoms with E-state index in [1.54, 1.807) is 29.2 Å². The van der Waals surface area contributed by atoms with Crippen LogP contribution in [0.2, 0.25) is 5.02 Å². The van der Waals surface area contributed by atoms with Crippen molar-refractivity contribution in [3.63, 3.8) is 0 Å². The van der Waals surface area contributed by atoms with Crippen LogP contribution in [0, 0.1) is 5.92 Å². The van der Waals surface area contributed by atoms with E-state index in [9.17, 15) is 4.79 Å². The summed E-state index contributed by atoms with van der Waals surface area (Å²) >= 11 is 12.5. The molecule has 0 spiro atoms. The highest BCUT2D eigenvalue weighted by molar-refractivity contribution is 8.27. The molecule has 1 aliphatic rings. The van der Waals surface area contributed by atoms with E-state index in [0.717, 1.165) is 12.1 Å². The molecular formula is C14H14ClNOS2. The molecule has 0 bridgehead atoms. The summed E-state index contributed by atoms with van der Waals surface area (Å²) in [6, 6.07) is 7.12. The molecule has 100 valence electrons. The molecule has 5 heteroatoms. The Balaban J connectivity index is 2.24. The van der Waals surface area contributed by atoms with Gasteiger partial charge in [-0.15, -0.1) is 0 Å². The van der Waals surface area contributed by atoms with Gasteiger partial charge in [-0.2, -0.15) is 0 Å². The monoisotopic (exact) mass is 311 g/mol. The first-order chi connectivity index (χ1) is 8.99. The Labute approximate surface area is 127 Å². The molecular weight excluding hydrogens is 298 g/mol. The van der Waals surface area contributed by atoms with Crippen molar-refractivity contribution in [1.82, 2.24) is 0 Å². The molecule has 1 aromatic rings. The third kappa shape index (κ3) is 3.38. The number of benzene rings is 1. The second kappa shape index (κ2) is 6.07. The maximum atomic E-state index is 12.3. The topological polar surface area (TPSA) is 20.3 Å². The summed E-state index contributed by atoms with van der Waals surface area (Å²) < 4.78 is 0.572. The van der Waals surface area contributed by atoms with Crippen LogP contribution in [-0.2, 0) is 4.79 Å². The summed E-state index contributed by atoms with van der Waals surface area (Å²) in [5.74, 6) is 0.483. The first-order valence-corrected chi connectivity index (χ1v) is 7.61. The van der Waals surface area contributed by atoms with Crippen molar-refractivity contribution in [2.75, 3.05) is 4.90 Å². The summed E-state index contributed by atoms with van der Waals surface area (Å²) in [5.41, 5.74) is 0.764. The van der Waals surface area contributed by atoms with Crippen molar-refractivity contribution < 1.29 is 4.79 Å². The molecule has 0 saturated carbocycles. The van der Waals surface area contributed by atoms with Crippen molar-refractivity contribution in [3.05, 3.63) is 40.3 Å². The molecule has 2 rings (SSSR count). The number of thiocarbonyl (C=S) groups is 1. The summed E-state index contributed by atoms with van der Waals surface area (Å²) in [5, 5.41) is 0.643. The molecule has 1 aromatic carbocycles. The van der Waals surface area contributed by atoms with Gasteiger partial charge < -0.3 is 0 Å². The minimum Gasteiger partial charge on any atom is -0.268 e. The quantitative estimate of drug-likeness (QED) is 0.599. The number of carbonyl (C=O) groups excluding carboxylic acids is 1. The van der Waals surface area contributed by atoms with Gasteiger partial charge in [0.25, 0.3) is 5.91 Å². The van der Waals surface area contributed by atoms with E-state index in [2.05, 4.69) is 13.8 Å². The van der Waals surface area contributed by atoms with Gasteiger partial charge in [0.1, 0.15) is 0 Å². The van der Waals surface area contributed by atoms with Crippen LogP contribution in [0.4, 0.5) is 5.69 Å². The maximum Gasteiger partial charge on any atom is 0.270 e. The highest BCUT2D eigenvalue weighted by Crippen LogP contribution is 2.35. The standard InChI is InChI=1S/C14H14ClNOS2/c1-9(2)3-8-12-13(17)16(14(18)19-12)11-6-4-10(15)5-7-11/h4-9H,3H2,1-2H3/b12-8+. The number of amides is 1. The van der Waals surface area contributed by atoms with E-state index < -0.39 is 0 Å². The highest BCUT2D eigenvalue weighted by atomic mass is 35.5. The third-order valence-corrected chi connectivity index (χ3v) is 4.26. The van der Waals surface area contributed by atoms with Gasteiger partial charge in [-0.25, -0.2) is 0 Å². The van der Waals surface area contributed by atoms with Crippen LogP contribution < -0.4 is 4.90 Å². The largest absolute Gasteiger partial charge is 0.270 e. The molecule has 1 heterocycles. The van der Waals surface area contributed by atoms with E-state index in [0.29, 0.717) is 20.2 Å². The Morgan fingerprint density at radius 2 is 2.00 bits per heavy atom. The molecule has 1 amide bonds. The number of rotatable bonds is 3. The van der Waals surface area contributed by atoms with E-state index in [-0.39, 0.29) is 5.91 Å². The normalized spacial score (nSPS) is 17.9. The number of thioether (sulfide) groups is 1. The van der Waals surface area contributed by atoms with Crippen molar-refractivity contribution in [1.29, 1.82) is 0 Å². The van der Waals surface area contributed by atoms with Gasteiger partial charge in [-0.3, -0.25) is 9.69 Å². The summed E-state index contributed by atoms with van der Waals surface area (Å²) in [7, 11) is 0. The van der Waals surface area contributed by atoms with E-state index in [1.807, 2.05) is 6.08 Å². The Kier molecular flexibility index (Phi) is 4.66. The predicted molar refractivity (Wildman–Crippen MR) is 86.7 cm³/mol. The van der Waals surface area contributed by atoms with Gasteiger partial charge in [-0.05, 0) is 36.6 Å². The van der Waals surface area contributed by atoms with Crippen molar-refractivity contribution in [3.8, 4) is 0 Å². The van der Waals surface area contributed by atoms with Crippen molar-refractivity contribution >= 4 is 51.5 Å². The van der Waals surface area contributed by atoms with Crippen LogP contribution >= 0.6 is 35.6 Å². The molecule has 0 aromatic heterocycles. The summed E-state index contributed by atoms with van der Waals surface area (Å²) in [4.78, 5) is 14.6. The second-order valence-corrected chi connectivity index (χ2v) is 6.80. The number of carbonyl (C=O) groups is 1. The van der Waals surface area contributed by atoms with Crippen LogP contribution in [-0.4, -0.2) is 10.2 Å². The number of halogens is 1. The summed E-state index contributed by atoms with van der Waals surface area (Å²) in [6.45, 7) is 4.24. The molecule has 1 saturated heterocycles. The number of hydrogen-bond acceptors (Lipinski definition) is 3. The lowest BCUT2D eigenvalue weighted by atomic mass is 10.1. The molecule has 0 atom stereocenters. The number of hydrogen-bond donors (Lipinski definition) is 0. The predicted octanol–water partition coefficient (Wildman–Crippen LogP) is 4.63. The maximum absolute atomic E-state index is 12.3. The van der Waals surface area contributed by atoms with Crippen LogP contribution in [0.15, 0.2) is 35.2 Å². The fourth-order valence-electron chi connectivity index (χ4n) is 1.66. The number of allylic oxidation sites excluding steroid dienone is 1. The lowest BCUT2D eigenvalue weighted by Crippen LogP contribution is -2.27. The third-order valence-electron chi connectivity index (χ3n) is 2.65. The molecule has 0 unspecified atom stereocenters. The molecule has 0 N–H and O–H groups in total. The minimum atomic E-state index is -0.0435. The lowest BCUT2D eigenvalue weighted by Gasteiger charge is -2.14. The Hall–Kier alpha value is -0.840. The fourth-order valence-corrected chi connectivity index (χ4v) is 3.07. The van der Waals surface area contributed by atoms with Crippen LogP contribution in [0.5, 0.6) is 0 Å². The van der Waals surface area contributed by atoms with Crippen LogP contribution in [0.3, 0.4) is 0 Å². The van der Waals surface area contributed by atoms with Crippen molar-refractivity contribution in [2.24, 2.45) is 5.92 Å². The molecule has 0 aliphatic carbocycles. The zero-order valence-electron chi connectivity index (χ0n) is 10.7.